The maximum Gasteiger partial charge on any atom is 0.0220 e. The minimum Gasteiger partial charge on any atom is -0.310 e. The van der Waals surface area contributed by atoms with E-state index in [9.17, 15) is 0 Å². The van der Waals surface area contributed by atoms with Crippen molar-refractivity contribution >= 4 is 0 Å². The molecule has 1 rings (SSSR count). The molecule has 0 aliphatic heterocycles. The van der Waals surface area contributed by atoms with E-state index >= 15 is 0 Å². The fourth-order valence-electron chi connectivity index (χ4n) is 2.55. The summed E-state index contributed by atoms with van der Waals surface area (Å²) in [5.74, 6) is 0.666. The molecule has 0 aliphatic rings. The number of hydrogen-bond acceptors (Lipinski definition) is 2. The van der Waals surface area contributed by atoms with E-state index in [0.717, 1.165) is 13.0 Å². The molecule has 0 spiro atoms. The molecule has 2 nitrogen and oxygen atoms in total. The van der Waals surface area contributed by atoms with Gasteiger partial charge < -0.3 is 10.2 Å². The van der Waals surface area contributed by atoms with Gasteiger partial charge in [0.2, 0.25) is 0 Å². The van der Waals surface area contributed by atoms with Gasteiger partial charge in [-0.3, -0.25) is 0 Å². The van der Waals surface area contributed by atoms with Gasteiger partial charge in [0.1, 0.15) is 0 Å². The molecule has 1 N–H and O–H groups in total. The number of benzene rings is 1. The minimum absolute atomic E-state index is 0.558. The van der Waals surface area contributed by atoms with Crippen molar-refractivity contribution in [3.05, 3.63) is 35.4 Å². The normalized spacial score (nSPS) is 14.8. The van der Waals surface area contributed by atoms with Crippen LogP contribution < -0.4 is 5.32 Å². The van der Waals surface area contributed by atoms with Gasteiger partial charge in [-0.25, -0.2) is 0 Å². The van der Waals surface area contributed by atoms with Crippen LogP contribution in [0, 0.1) is 12.8 Å². The van der Waals surface area contributed by atoms with E-state index < -0.39 is 0 Å². The lowest BCUT2D eigenvalue weighted by atomic mass is 10.00. The summed E-state index contributed by atoms with van der Waals surface area (Å²) in [5.41, 5.74) is 2.81. The molecular weight excluding hydrogens is 244 g/mol. The second kappa shape index (κ2) is 8.43. The van der Waals surface area contributed by atoms with Crippen molar-refractivity contribution in [2.45, 2.75) is 52.6 Å². The molecule has 0 saturated carbocycles. The molecule has 20 heavy (non-hydrogen) atoms. The average molecular weight is 276 g/mol. The highest BCUT2D eigenvalue weighted by Crippen LogP contribution is 2.10. The van der Waals surface area contributed by atoms with Crippen LogP contribution in [0.1, 0.15) is 38.3 Å². The molecule has 0 bridgehead atoms. The molecule has 2 atom stereocenters. The molecule has 1 aromatic rings. The highest BCUT2D eigenvalue weighted by molar-refractivity contribution is 5.22. The Morgan fingerprint density at radius 3 is 2.40 bits per heavy atom. The van der Waals surface area contributed by atoms with E-state index in [1.807, 2.05) is 0 Å². The Bertz CT molecular complexity index is 385. The monoisotopic (exact) mass is 276 g/mol. The Kier molecular flexibility index (Phi) is 7.25. The van der Waals surface area contributed by atoms with Gasteiger partial charge in [-0.05, 0) is 52.3 Å². The Labute approximate surface area is 125 Å². The minimum atomic E-state index is 0.558. The summed E-state index contributed by atoms with van der Waals surface area (Å²) < 4.78 is 0. The van der Waals surface area contributed by atoms with E-state index in [-0.39, 0.29) is 0 Å². The third kappa shape index (κ3) is 6.53. The summed E-state index contributed by atoms with van der Waals surface area (Å²) in [6.07, 6.45) is 2.35. The zero-order valence-electron chi connectivity index (χ0n) is 14.1. The predicted octanol–water partition coefficient (Wildman–Crippen LogP) is 3.49. The molecule has 0 aromatic heterocycles. The summed E-state index contributed by atoms with van der Waals surface area (Å²) in [6.45, 7) is 10.2. The zero-order valence-corrected chi connectivity index (χ0v) is 14.1. The molecule has 0 saturated heterocycles. The SMILES string of the molecule is Cc1cccc(CCC(C)NC(CN(C)C)C(C)C)c1. The zero-order chi connectivity index (χ0) is 15.1. The van der Waals surface area contributed by atoms with Gasteiger partial charge in [0.15, 0.2) is 0 Å². The number of hydrogen-bond donors (Lipinski definition) is 1. The van der Waals surface area contributed by atoms with Crippen molar-refractivity contribution in [1.82, 2.24) is 10.2 Å². The van der Waals surface area contributed by atoms with Gasteiger partial charge in [0.25, 0.3) is 0 Å². The summed E-state index contributed by atoms with van der Waals surface area (Å²) in [6, 6.07) is 9.98. The smallest absolute Gasteiger partial charge is 0.0220 e. The first-order valence-corrected chi connectivity index (χ1v) is 7.84. The summed E-state index contributed by atoms with van der Waals surface area (Å²) >= 11 is 0. The van der Waals surface area contributed by atoms with Crippen LogP contribution in [0.15, 0.2) is 24.3 Å². The fraction of sp³-hybridized carbons (Fsp3) is 0.667. The van der Waals surface area contributed by atoms with Crippen LogP contribution in [0.2, 0.25) is 0 Å². The van der Waals surface area contributed by atoms with Crippen molar-refractivity contribution in [3.63, 3.8) is 0 Å². The molecule has 2 unspecified atom stereocenters. The number of aryl methyl sites for hydroxylation is 2. The molecule has 114 valence electrons. The number of nitrogens with zero attached hydrogens (tertiary/aromatic N) is 1. The van der Waals surface area contributed by atoms with Crippen molar-refractivity contribution in [2.24, 2.45) is 5.92 Å². The van der Waals surface area contributed by atoms with Crippen molar-refractivity contribution < 1.29 is 0 Å². The highest BCUT2D eigenvalue weighted by Gasteiger charge is 2.16. The van der Waals surface area contributed by atoms with E-state index in [2.05, 4.69) is 76.3 Å². The van der Waals surface area contributed by atoms with Crippen molar-refractivity contribution in [1.29, 1.82) is 0 Å². The topological polar surface area (TPSA) is 15.3 Å². The van der Waals surface area contributed by atoms with Gasteiger partial charge >= 0.3 is 0 Å². The lowest BCUT2D eigenvalue weighted by Gasteiger charge is -2.29. The van der Waals surface area contributed by atoms with E-state index in [1.165, 1.54) is 17.5 Å². The van der Waals surface area contributed by atoms with Gasteiger partial charge in [-0.1, -0.05) is 43.7 Å². The molecule has 0 amide bonds. The van der Waals surface area contributed by atoms with Gasteiger partial charge in [-0.15, -0.1) is 0 Å². The number of likely N-dealkylation sites (N-methyl/N-ethyl adjacent to an activating group) is 1. The van der Waals surface area contributed by atoms with Crippen molar-refractivity contribution in [3.8, 4) is 0 Å². The van der Waals surface area contributed by atoms with E-state index in [1.54, 1.807) is 0 Å². The van der Waals surface area contributed by atoms with Crippen LogP contribution in [0.3, 0.4) is 0 Å². The van der Waals surface area contributed by atoms with Crippen LogP contribution >= 0.6 is 0 Å². The predicted molar refractivity (Wildman–Crippen MR) is 89.3 cm³/mol. The third-order valence-corrected chi connectivity index (χ3v) is 3.81. The second-order valence-electron chi connectivity index (χ2n) is 6.71. The Morgan fingerprint density at radius 2 is 1.85 bits per heavy atom. The van der Waals surface area contributed by atoms with Crippen LogP contribution in [-0.2, 0) is 6.42 Å². The first-order chi connectivity index (χ1) is 9.38. The van der Waals surface area contributed by atoms with E-state index in [4.69, 9.17) is 0 Å². The first-order valence-electron chi connectivity index (χ1n) is 7.84. The standard InChI is InChI=1S/C18H32N2/c1-14(2)18(13-20(5)6)19-16(4)10-11-17-9-7-8-15(3)12-17/h7-9,12,14,16,18-19H,10-11,13H2,1-6H3. The van der Waals surface area contributed by atoms with Crippen molar-refractivity contribution in [2.75, 3.05) is 20.6 Å². The maximum atomic E-state index is 3.79. The largest absolute Gasteiger partial charge is 0.310 e. The number of nitrogens with one attached hydrogen (secondary N) is 1. The fourth-order valence-corrected chi connectivity index (χ4v) is 2.55. The first kappa shape index (κ1) is 17.2. The highest BCUT2D eigenvalue weighted by atomic mass is 15.1. The Hall–Kier alpha value is -0.860. The van der Waals surface area contributed by atoms with Crippen LogP contribution in [0.5, 0.6) is 0 Å². The lowest BCUT2D eigenvalue weighted by molar-refractivity contribution is 0.269. The molecule has 0 heterocycles. The number of rotatable bonds is 8. The van der Waals surface area contributed by atoms with Gasteiger partial charge in [0.05, 0.1) is 0 Å². The molecule has 2 heteroatoms. The van der Waals surface area contributed by atoms with Crippen LogP contribution in [0.4, 0.5) is 0 Å². The van der Waals surface area contributed by atoms with Gasteiger partial charge in [0, 0.05) is 18.6 Å². The van der Waals surface area contributed by atoms with Crippen LogP contribution in [0.25, 0.3) is 0 Å². The Balaban J connectivity index is 2.43. The maximum absolute atomic E-state index is 3.79. The van der Waals surface area contributed by atoms with E-state index in [0.29, 0.717) is 18.0 Å². The van der Waals surface area contributed by atoms with Crippen LogP contribution in [-0.4, -0.2) is 37.6 Å². The lowest BCUT2D eigenvalue weighted by Crippen LogP contribution is -2.46. The molecule has 0 fully saturated rings. The summed E-state index contributed by atoms with van der Waals surface area (Å²) in [7, 11) is 4.29. The molecule has 1 aromatic carbocycles. The van der Waals surface area contributed by atoms with Gasteiger partial charge in [-0.2, -0.15) is 0 Å². The summed E-state index contributed by atoms with van der Waals surface area (Å²) in [5, 5.41) is 3.79. The average Bonchev–Trinajstić information content (AvgIpc) is 2.35. The second-order valence-corrected chi connectivity index (χ2v) is 6.71. The third-order valence-electron chi connectivity index (χ3n) is 3.81. The summed E-state index contributed by atoms with van der Waals surface area (Å²) in [4.78, 5) is 2.27. The quantitative estimate of drug-likeness (QED) is 0.782. The molecular formula is C18H32N2. The Morgan fingerprint density at radius 1 is 1.15 bits per heavy atom. The molecule has 0 radical (unpaired) electrons. The molecule has 0 aliphatic carbocycles.